The van der Waals surface area contributed by atoms with Gasteiger partial charge in [0.05, 0.1) is 19.8 Å². The lowest BCUT2D eigenvalue weighted by Crippen LogP contribution is -2.42. The number of nitrogens with one attached hydrogen (secondary N) is 2. The van der Waals surface area contributed by atoms with Crippen molar-refractivity contribution in [3.63, 3.8) is 0 Å². The molecule has 5 heteroatoms. The molecule has 1 aromatic rings. The number of anilines is 1. The molecule has 1 atom stereocenters. The summed E-state index contributed by atoms with van der Waals surface area (Å²) in [6.07, 6.45) is 5.01. The molecule has 0 radical (unpaired) electrons. The molecule has 1 saturated heterocycles. The summed E-state index contributed by atoms with van der Waals surface area (Å²) in [4.78, 5) is 7.25. The molecule has 0 bridgehead atoms. The first-order valence-corrected chi connectivity index (χ1v) is 10.2. The Hall–Kier alpha value is -1.75. The Morgan fingerprint density at radius 3 is 2.69 bits per heavy atom. The zero-order valence-corrected chi connectivity index (χ0v) is 16.8. The summed E-state index contributed by atoms with van der Waals surface area (Å²) in [5.41, 5.74) is 2.55. The third kappa shape index (κ3) is 6.87. The average molecular weight is 361 g/mol. The molecule has 146 valence electrons. The maximum Gasteiger partial charge on any atom is 0.191 e. The first kappa shape index (κ1) is 20.6. The van der Waals surface area contributed by atoms with Crippen molar-refractivity contribution in [1.29, 1.82) is 0 Å². The highest BCUT2D eigenvalue weighted by molar-refractivity contribution is 5.80. The largest absolute Gasteiger partial charge is 0.378 e. The molecule has 2 rings (SSSR count). The van der Waals surface area contributed by atoms with Crippen molar-refractivity contribution in [2.24, 2.45) is 4.99 Å². The van der Waals surface area contributed by atoms with Crippen LogP contribution in [0, 0.1) is 0 Å². The first-order valence-electron chi connectivity index (χ1n) is 10.2. The van der Waals surface area contributed by atoms with E-state index < -0.39 is 0 Å². The highest BCUT2D eigenvalue weighted by atomic mass is 16.5. The third-order valence-electron chi connectivity index (χ3n) is 4.72. The second-order valence-electron chi connectivity index (χ2n) is 6.96. The Morgan fingerprint density at radius 1 is 1.19 bits per heavy atom. The molecule has 5 nitrogen and oxygen atoms in total. The Bertz CT molecular complexity index is 541. The first-order chi connectivity index (χ1) is 12.7. The monoisotopic (exact) mass is 360 g/mol. The van der Waals surface area contributed by atoms with Crippen LogP contribution in [0.3, 0.4) is 0 Å². The molecule has 1 unspecified atom stereocenters. The standard InChI is InChI=1S/C21H36N4O/c1-4-6-7-10-18(3)24-21(22-5-2)23-17-19-11-8-9-12-20(19)25-13-15-26-16-14-25/h8-9,11-12,18H,4-7,10,13-17H2,1-3H3,(H2,22,23,24). The third-order valence-corrected chi connectivity index (χ3v) is 4.72. The normalized spacial score (nSPS) is 16.4. The van der Waals surface area contributed by atoms with Crippen molar-refractivity contribution in [3.05, 3.63) is 29.8 Å². The Morgan fingerprint density at radius 2 is 1.96 bits per heavy atom. The predicted molar refractivity (Wildman–Crippen MR) is 111 cm³/mol. The lowest BCUT2D eigenvalue weighted by molar-refractivity contribution is 0.122. The van der Waals surface area contributed by atoms with Crippen LogP contribution in [0.4, 0.5) is 5.69 Å². The quantitative estimate of drug-likeness (QED) is 0.402. The van der Waals surface area contributed by atoms with Gasteiger partial charge < -0.3 is 20.3 Å². The van der Waals surface area contributed by atoms with E-state index >= 15 is 0 Å². The van der Waals surface area contributed by atoms with E-state index in [1.54, 1.807) is 0 Å². The minimum Gasteiger partial charge on any atom is -0.378 e. The summed E-state index contributed by atoms with van der Waals surface area (Å²) in [5, 5.41) is 6.93. The summed E-state index contributed by atoms with van der Waals surface area (Å²) >= 11 is 0. The van der Waals surface area contributed by atoms with E-state index in [1.165, 1.54) is 36.9 Å². The van der Waals surface area contributed by atoms with Crippen LogP contribution in [0.15, 0.2) is 29.3 Å². The topological polar surface area (TPSA) is 48.9 Å². The van der Waals surface area contributed by atoms with Crippen LogP contribution in [-0.2, 0) is 11.3 Å². The number of benzene rings is 1. The van der Waals surface area contributed by atoms with Crippen LogP contribution in [0.5, 0.6) is 0 Å². The number of hydrogen-bond donors (Lipinski definition) is 2. The molecule has 0 amide bonds. The minimum absolute atomic E-state index is 0.439. The number of unbranched alkanes of at least 4 members (excludes halogenated alkanes) is 2. The summed E-state index contributed by atoms with van der Waals surface area (Å²) in [7, 11) is 0. The second-order valence-corrected chi connectivity index (χ2v) is 6.96. The maximum absolute atomic E-state index is 5.49. The van der Waals surface area contributed by atoms with Crippen molar-refractivity contribution >= 4 is 11.6 Å². The smallest absolute Gasteiger partial charge is 0.191 e. The number of guanidine groups is 1. The van der Waals surface area contributed by atoms with Gasteiger partial charge in [-0.05, 0) is 31.9 Å². The molecule has 0 saturated carbocycles. The van der Waals surface area contributed by atoms with Crippen molar-refractivity contribution in [2.75, 3.05) is 37.7 Å². The van der Waals surface area contributed by atoms with Crippen LogP contribution in [0.25, 0.3) is 0 Å². The molecular formula is C21H36N4O. The number of para-hydroxylation sites is 1. The summed E-state index contributed by atoms with van der Waals surface area (Å²) in [5.74, 6) is 0.910. The Balaban J connectivity index is 1.99. The molecule has 1 aliphatic heterocycles. The van der Waals surface area contributed by atoms with Crippen molar-refractivity contribution < 1.29 is 4.74 Å². The van der Waals surface area contributed by atoms with Crippen LogP contribution < -0.4 is 15.5 Å². The average Bonchev–Trinajstić information content (AvgIpc) is 2.67. The van der Waals surface area contributed by atoms with Crippen molar-refractivity contribution in [3.8, 4) is 0 Å². The fourth-order valence-electron chi connectivity index (χ4n) is 3.25. The molecule has 1 heterocycles. The van der Waals surface area contributed by atoms with Crippen molar-refractivity contribution in [2.45, 2.75) is 59.0 Å². The SMILES string of the molecule is CCCCCC(C)NC(=NCc1ccccc1N1CCOCC1)NCC. The van der Waals surface area contributed by atoms with Gasteiger partial charge >= 0.3 is 0 Å². The van der Waals surface area contributed by atoms with Crippen LogP contribution in [0.1, 0.15) is 52.0 Å². The van der Waals surface area contributed by atoms with Gasteiger partial charge in [-0.1, -0.05) is 44.4 Å². The van der Waals surface area contributed by atoms with Gasteiger partial charge in [-0.15, -0.1) is 0 Å². The molecule has 1 aromatic carbocycles. The Labute approximate surface area is 159 Å². The van der Waals surface area contributed by atoms with Crippen LogP contribution in [0.2, 0.25) is 0 Å². The van der Waals surface area contributed by atoms with Gasteiger partial charge in [-0.2, -0.15) is 0 Å². The van der Waals surface area contributed by atoms with E-state index in [-0.39, 0.29) is 0 Å². The van der Waals surface area contributed by atoms with Crippen molar-refractivity contribution in [1.82, 2.24) is 10.6 Å². The molecule has 1 aliphatic rings. The number of hydrogen-bond acceptors (Lipinski definition) is 3. The van der Waals surface area contributed by atoms with Crippen LogP contribution >= 0.6 is 0 Å². The minimum atomic E-state index is 0.439. The number of ether oxygens (including phenoxy) is 1. The number of aliphatic imine (C=N–C) groups is 1. The zero-order valence-electron chi connectivity index (χ0n) is 16.8. The molecule has 2 N–H and O–H groups in total. The molecular weight excluding hydrogens is 324 g/mol. The number of rotatable bonds is 9. The van der Waals surface area contributed by atoms with Gasteiger partial charge in [0, 0.05) is 31.4 Å². The van der Waals surface area contributed by atoms with Crippen LogP contribution in [-0.4, -0.2) is 44.8 Å². The highest BCUT2D eigenvalue weighted by Gasteiger charge is 2.14. The lowest BCUT2D eigenvalue weighted by Gasteiger charge is -2.30. The fraction of sp³-hybridized carbons (Fsp3) is 0.667. The van der Waals surface area contributed by atoms with Gasteiger partial charge in [0.2, 0.25) is 0 Å². The Kier molecular flexibility index (Phi) is 9.32. The van der Waals surface area contributed by atoms with E-state index in [0.29, 0.717) is 12.6 Å². The second kappa shape index (κ2) is 11.8. The van der Waals surface area contributed by atoms with E-state index in [1.807, 2.05) is 0 Å². The lowest BCUT2D eigenvalue weighted by atomic mass is 10.1. The maximum atomic E-state index is 5.49. The molecule has 26 heavy (non-hydrogen) atoms. The van der Waals surface area contributed by atoms with Gasteiger partial charge in [0.25, 0.3) is 0 Å². The summed E-state index contributed by atoms with van der Waals surface area (Å²) < 4.78 is 5.49. The summed E-state index contributed by atoms with van der Waals surface area (Å²) in [6.45, 7) is 11.7. The fourth-order valence-corrected chi connectivity index (χ4v) is 3.25. The molecule has 1 fully saturated rings. The predicted octanol–water partition coefficient (Wildman–Crippen LogP) is 3.55. The van der Waals surface area contributed by atoms with Gasteiger partial charge in [-0.3, -0.25) is 0 Å². The van der Waals surface area contributed by atoms with E-state index in [2.05, 4.69) is 60.6 Å². The van der Waals surface area contributed by atoms with Gasteiger partial charge in [0.1, 0.15) is 0 Å². The molecule has 0 aliphatic carbocycles. The van der Waals surface area contributed by atoms with Gasteiger partial charge in [-0.25, -0.2) is 4.99 Å². The molecule has 0 aromatic heterocycles. The zero-order chi connectivity index (χ0) is 18.6. The highest BCUT2D eigenvalue weighted by Crippen LogP contribution is 2.22. The van der Waals surface area contributed by atoms with E-state index in [4.69, 9.17) is 9.73 Å². The number of morpholine rings is 1. The van der Waals surface area contributed by atoms with E-state index in [9.17, 15) is 0 Å². The summed E-state index contributed by atoms with van der Waals surface area (Å²) in [6, 6.07) is 9.03. The number of nitrogens with zero attached hydrogens (tertiary/aromatic N) is 2. The van der Waals surface area contributed by atoms with Gasteiger partial charge in [0.15, 0.2) is 5.96 Å². The van der Waals surface area contributed by atoms with E-state index in [0.717, 1.165) is 38.8 Å². The molecule has 0 spiro atoms.